The molecule has 0 saturated carbocycles. The number of aliphatic carboxylic acids is 1. The Balaban J connectivity index is 2.85. The topological polar surface area (TPSA) is 168 Å². The molecule has 1 saturated heterocycles. The molecule has 4 atom stereocenters. The second-order valence-electron chi connectivity index (χ2n) is 7.50. The molecule has 0 aromatic carbocycles. The minimum absolute atomic E-state index is 0.278. The van der Waals surface area contributed by atoms with E-state index in [0.717, 1.165) is 0 Å². The second kappa shape index (κ2) is 13.5. The lowest BCUT2D eigenvalue weighted by atomic mass is 10.1. The van der Waals surface area contributed by atoms with E-state index in [1.807, 2.05) is 6.26 Å². The Labute approximate surface area is 181 Å². The predicted molar refractivity (Wildman–Crippen MR) is 116 cm³/mol. The summed E-state index contributed by atoms with van der Waals surface area (Å²) < 4.78 is 0. The van der Waals surface area contributed by atoms with Gasteiger partial charge in [-0.25, -0.2) is 4.79 Å². The summed E-state index contributed by atoms with van der Waals surface area (Å²) in [6.45, 7) is 2.37. The fourth-order valence-corrected chi connectivity index (χ4v) is 3.79. The Morgan fingerprint density at radius 3 is 2.43 bits per heavy atom. The van der Waals surface area contributed by atoms with Crippen LogP contribution in [0.3, 0.4) is 0 Å². The number of rotatable bonds is 13. The van der Waals surface area contributed by atoms with Gasteiger partial charge in [0.25, 0.3) is 0 Å². The molecule has 3 amide bonds. The van der Waals surface area contributed by atoms with E-state index in [2.05, 4.69) is 10.6 Å². The largest absolute Gasteiger partial charge is 0.480 e. The zero-order valence-corrected chi connectivity index (χ0v) is 18.6. The maximum Gasteiger partial charge on any atom is 0.326 e. The van der Waals surface area contributed by atoms with Gasteiger partial charge in [-0.3, -0.25) is 14.4 Å². The molecule has 4 unspecified atom stereocenters. The number of carboxylic acid groups (broad SMARTS) is 1. The van der Waals surface area contributed by atoms with Crippen molar-refractivity contribution in [2.75, 3.05) is 25.1 Å². The minimum Gasteiger partial charge on any atom is -0.480 e. The monoisotopic (exact) mass is 445 g/mol. The van der Waals surface area contributed by atoms with Crippen molar-refractivity contribution in [2.45, 2.75) is 69.6 Å². The van der Waals surface area contributed by atoms with Crippen molar-refractivity contribution >= 4 is 35.5 Å². The summed E-state index contributed by atoms with van der Waals surface area (Å²) in [6, 6.07) is -3.30. The Hall–Kier alpha value is -1.85. The predicted octanol–water partition coefficient (Wildman–Crippen LogP) is -0.739. The van der Waals surface area contributed by atoms with Crippen LogP contribution < -0.4 is 22.1 Å². The molecule has 0 radical (unpaired) electrons. The fraction of sp³-hybridized carbons (Fsp3) is 0.789. The SMILES string of the molecule is CSCCC(NC(=O)C(C)N)C(=O)N1CCCC1C(=O)NC(CCCCN)C(=O)O. The van der Waals surface area contributed by atoms with Gasteiger partial charge in [-0.05, 0) is 64.0 Å². The van der Waals surface area contributed by atoms with Crippen LogP contribution in [0.2, 0.25) is 0 Å². The number of thioether (sulfide) groups is 1. The van der Waals surface area contributed by atoms with Crippen LogP contribution in [0.5, 0.6) is 0 Å². The van der Waals surface area contributed by atoms with Crippen LogP contribution in [0.4, 0.5) is 0 Å². The molecule has 0 aromatic rings. The first-order valence-electron chi connectivity index (χ1n) is 10.3. The highest BCUT2D eigenvalue weighted by Gasteiger charge is 2.38. The molecule has 1 aliphatic rings. The van der Waals surface area contributed by atoms with E-state index in [9.17, 15) is 24.3 Å². The molecule has 1 heterocycles. The van der Waals surface area contributed by atoms with Crippen molar-refractivity contribution in [3.63, 3.8) is 0 Å². The first kappa shape index (κ1) is 26.2. The Morgan fingerprint density at radius 1 is 1.17 bits per heavy atom. The quantitative estimate of drug-likeness (QED) is 0.231. The molecule has 0 spiro atoms. The van der Waals surface area contributed by atoms with Crippen molar-refractivity contribution in [1.29, 1.82) is 0 Å². The first-order chi connectivity index (χ1) is 14.2. The van der Waals surface area contributed by atoms with Crippen LogP contribution in [-0.2, 0) is 19.2 Å². The molecule has 1 rings (SSSR count). The summed E-state index contributed by atoms with van der Waals surface area (Å²) in [5.41, 5.74) is 11.0. The highest BCUT2D eigenvalue weighted by molar-refractivity contribution is 7.98. The fourth-order valence-electron chi connectivity index (χ4n) is 3.32. The second-order valence-corrected chi connectivity index (χ2v) is 8.49. The summed E-state index contributed by atoms with van der Waals surface area (Å²) in [7, 11) is 0. The normalized spacial score (nSPS) is 19.1. The third kappa shape index (κ3) is 8.11. The summed E-state index contributed by atoms with van der Waals surface area (Å²) in [6.07, 6.45) is 4.93. The number of likely N-dealkylation sites (tertiary alicyclic amines) is 1. The van der Waals surface area contributed by atoms with Crippen LogP contribution in [-0.4, -0.2) is 83.0 Å². The number of amides is 3. The van der Waals surface area contributed by atoms with E-state index in [-0.39, 0.29) is 12.3 Å². The Morgan fingerprint density at radius 2 is 1.87 bits per heavy atom. The highest BCUT2D eigenvalue weighted by Crippen LogP contribution is 2.20. The third-order valence-electron chi connectivity index (χ3n) is 5.04. The van der Waals surface area contributed by atoms with Gasteiger partial charge in [0.1, 0.15) is 18.1 Å². The lowest BCUT2D eigenvalue weighted by Gasteiger charge is -2.29. The first-order valence-corrected chi connectivity index (χ1v) is 11.7. The van der Waals surface area contributed by atoms with E-state index in [4.69, 9.17) is 11.5 Å². The maximum absolute atomic E-state index is 13.1. The molecule has 10 nitrogen and oxygen atoms in total. The zero-order chi connectivity index (χ0) is 22.7. The van der Waals surface area contributed by atoms with Gasteiger partial charge in [0, 0.05) is 6.54 Å². The van der Waals surface area contributed by atoms with Crippen LogP contribution >= 0.6 is 11.8 Å². The van der Waals surface area contributed by atoms with E-state index < -0.39 is 42.0 Å². The van der Waals surface area contributed by atoms with E-state index >= 15 is 0 Å². The Kier molecular flexibility index (Phi) is 11.7. The molecule has 1 fully saturated rings. The van der Waals surface area contributed by atoms with Crippen molar-refractivity contribution in [3.8, 4) is 0 Å². The summed E-state index contributed by atoms with van der Waals surface area (Å²) in [4.78, 5) is 50.8. The number of nitrogens with two attached hydrogens (primary N) is 2. The van der Waals surface area contributed by atoms with Crippen LogP contribution in [0, 0.1) is 0 Å². The van der Waals surface area contributed by atoms with Crippen LogP contribution in [0.15, 0.2) is 0 Å². The smallest absolute Gasteiger partial charge is 0.326 e. The van der Waals surface area contributed by atoms with Crippen molar-refractivity contribution in [3.05, 3.63) is 0 Å². The average molecular weight is 446 g/mol. The standard InChI is InChI=1S/C19H35N5O5S/c1-12(21)16(25)22-13(8-11-30-2)18(27)24-10-5-7-15(24)17(26)23-14(19(28)29)6-3-4-9-20/h12-15H,3-11,20-21H2,1-2H3,(H,22,25)(H,23,26)(H,28,29). The molecule has 172 valence electrons. The molecule has 30 heavy (non-hydrogen) atoms. The molecule has 11 heteroatoms. The maximum atomic E-state index is 13.1. The molecule has 0 bridgehead atoms. The summed E-state index contributed by atoms with van der Waals surface area (Å²) >= 11 is 1.55. The lowest BCUT2D eigenvalue weighted by molar-refractivity contribution is -0.145. The van der Waals surface area contributed by atoms with Crippen molar-refractivity contribution < 1.29 is 24.3 Å². The van der Waals surface area contributed by atoms with Gasteiger partial charge in [-0.2, -0.15) is 11.8 Å². The number of hydrogen-bond donors (Lipinski definition) is 5. The lowest BCUT2D eigenvalue weighted by Crippen LogP contribution is -2.56. The minimum atomic E-state index is -1.11. The Bertz CT molecular complexity index is 604. The van der Waals surface area contributed by atoms with E-state index in [1.165, 1.54) is 11.8 Å². The van der Waals surface area contributed by atoms with E-state index in [1.54, 1.807) is 11.8 Å². The van der Waals surface area contributed by atoms with Gasteiger partial charge in [-0.1, -0.05) is 0 Å². The van der Waals surface area contributed by atoms with Gasteiger partial charge in [0.15, 0.2) is 0 Å². The molecular formula is C19H35N5O5S. The number of nitrogens with one attached hydrogen (secondary N) is 2. The van der Waals surface area contributed by atoms with Gasteiger partial charge < -0.3 is 32.1 Å². The molecule has 0 aromatic heterocycles. The van der Waals surface area contributed by atoms with Gasteiger partial charge >= 0.3 is 5.97 Å². The highest BCUT2D eigenvalue weighted by atomic mass is 32.2. The van der Waals surface area contributed by atoms with Crippen LogP contribution in [0.1, 0.15) is 45.4 Å². The number of hydrogen-bond acceptors (Lipinski definition) is 7. The average Bonchev–Trinajstić information content (AvgIpc) is 3.19. The molecular weight excluding hydrogens is 410 g/mol. The molecule has 1 aliphatic heterocycles. The van der Waals surface area contributed by atoms with E-state index in [0.29, 0.717) is 50.9 Å². The third-order valence-corrected chi connectivity index (χ3v) is 5.68. The molecule has 7 N–H and O–H groups in total. The molecule has 0 aliphatic carbocycles. The van der Waals surface area contributed by atoms with Gasteiger partial charge in [0.05, 0.1) is 6.04 Å². The summed E-state index contributed by atoms with van der Waals surface area (Å²) in [5, 5.41) is 14.6. The number of carbonyl (C=O) groups excluding carboxylic acids is 3. The van der Waals surface area contributed by atoms with Crippen molar-refractivity contribution in [1.82, 2.24) is 15.5 Å². The number of nitrogens with zero attached hydrogens (tertiary/aromatic N) is 1. The number of carbonyl (C=O) groups is 4. The number of carboxylic acids is 1. The number of unbranched alkanes of at least 4 members (excludes halogenated alkanes) is 1. The van der Waals surface area contributed by atoms with Gasteiger partial charge in [0.2, 0.25) is 17.7 Å². The zero-order valence-electron chi connectivity index (χ0n) is 17.8. The van der Waals surface area contributed by atoms with Crippen LogP contribution in [0.25, 0.3) is 0 Å². The summed E-state index contributed by atoms with van der Waals surface area (Å²) in [5.74, 6) is -1.71. The van der Waals surface area contributed by atoms with Gasteiger partial charge in [-0.15, -0.1) is 0 Å². The van der Waals surface area contributed by atoms with Crippen molar-refractivity contribution in [2.24, 2.45) is 11.5 Å².